The lowest BCUT2D eigenvalue weighted by Gasteiger charge is -2.28. The Kier molecular flexibility index (Phi) is 5.66. The minimum Gasteiger partial charge on any atom is -0.490 e. The molecule has 0 radical (unpaired) electrons. The highest BCUT2D eigenvalue weighted by atomic mass is 32.2. The van der Waals surface area contributed by atoms with E-state index in [0.29, 0.717) is 29.6 Å². The maximum absolute atomic E-state index is 13.0. The molecule has 1 heterocycles. The average Bonchev–Trinajstić information content (AvgIpc) is 2.61. The zero-order valence-electron chi connectivity index (χ0n) is 15.6. The molecule has 0 aromatic heterocycles. The minimum atomic E-state index is -3.38. The number of carbonyl (C=O) groups excluding carboxylic acids is 1. The summed E-state index contributed by atoms with van der Waals surface area (Å²) in [5, 5.41) is 0. The van der Waals surface area contributed by atoms with E-state index in [0.717, 1.165) is 6.42 Å². The molecule has 1 amide bonds. The van der Waals surface area contributed by atoms with Gasteiger partial charge in [-0.1, -0.05) is 13.8 Å². The third kappa shape index (κ3) is 4.66. The molecule has 0 saturated carbocycles. The molecule has 1 aliphatic rings. The van der Waals surface area contributed by atoms with Gasteiger partial charge in [-0.05, 0) is 51.3 Å². The Labute approximate surface area is 150 Å². The van der Waals surface area contributed by atoms with E-state index in [2.05, 4.69) is 18.6 Å². The number of hydrogen-bond donors (Lipinski definition) is 1. The monoisotopic (exact) mass is 368 g/mol. The summed E-state index contributed by atoms with van der Waals surface area (Å²) in [6.45, 7) is 10.4. The minimum absolute atomic E-state index is 0.0103. The van der Waals surface area contributed by atoms with Gasteiger partial charge in [0.05, 0.1) is 22.5 Å². The summed E-state index contributed by atoms with van der Waals surface area (Å²) in [6.07, 6.45) is 0.853. The predicted molar refractivity (Wildman–Crippen MR) is 101 cm³/mol. The average molecular weight is 368 g/mol. The van der Waals surface area contributed by atoms with Crippen LogP contribution in [0.25, 0.3) is 0 Å². The van der Waals surface area contributed by atoms with Crippen LogP contribution in [0.5, 0.6) is 5.75 Å². The SMILES string of the molecule is CCS(=O)(=O)Nc1ccc2c(c1)N(CCC(C)C)C(=O)C(C)(C)CO2. The normalized spacial score (nSPS) is 17.0. The van der Waals surface area contributed by atoms with Gasteiger partial charge in [-0.2, -0.15) is 0 Å². The van der Waals surface area contributed by atoms with Crippen molar-refractivity contribution in [1.82, 2.24) is 0 Å². The van der Waals surface area contributed by atoms with Crippen LogP contribution in [-0.2, 0) is 14.8 Å². The van der Waals surface area contributed by atoms with Crippen LogP contribution < -0.4 is 14.4 Å². The van der Waals surface area contributed by atoms with Gasteiger partial charge in [0.1, 0.15) is 12.4 Å². The Balaban J connectivity index is 2.44. The third-order valence-corrected chi connectivity index (χ3v) is 5.55. The lowest BCUT2D eigenvalue weighted by atomic mass is 9.92. The molecule has 7 heteroatoms. The van der Waals surface area contributed by atoms with Crippen molar-refractivity contribution in [3.8, 4) is 5.75 Å². The van der Waals surface area contributed by atoms with Gasteiger partial charge in [0.15, 0.2) is 0 Å². The van der Waals surface area contributed by atoms with Gasteiger partial charge >= 0.3 is 0 Å². The summed E-state index contributed by atoms with van der Waals surface area (Å²) in [7, 11) is -3.38. The number of carbonyl (C=O) groups is 1. The van der Waals surface area contributed by atoms with Crippen molar-refractivity contribution in [2.75, 3.05) is 28.5 Å². The number of fused-ring (bicyclic) bond motifs is 1. The molecule has 0 saturated heterocycles. The molecule has 1 N–H and O–H groups in total. The lowest BCUT2D eigenvalue weighted by molar-refractivity contribution is -0.127. The Bertz CT molecular complexity index is 741. The molecule has 0 atom stereocenters. The van der Waals surface area contributed by atoms with Crippen molar-refractivity contribution >= 4 is 27.3 Å². The predicted octanol–water partition coefficient (Wildman–Crippen LogP) is 3.25. The van der Waals surface area contributed by atoms with Crippen LogP contribution in [0.15, 0.2) is 18.2 Å². The third-order valence-electron chi connectivity index (χ3n) is 4.25. The number of hydrogen-bond acceptors (Lipinski definition) is 4. The number of nitrogens with one attached hydrogen (secondary N) is 1. The van der Waals surface area contributed by atoms with Gasteiger partial charge in [-0.3, -0.25) is 9.52 Å². The summed E-state index contributed by atoms with van der Waals surface area (Å²) in [5.74, 6) is 1.03. The number of rotatable bonds is 6. The number of sulfonamides is 1. The van der Waals surface area contributed by atoms with Crippen molar-refractivity contribution in [3.63, 3.8) is 0 Å². The Hall–Kier alpha value is -1.76. The molecule has 1 aliphatic heterocycles. The van der Waals surface area contributed by atoms with Crippen LogP contribution in [0.2, 0.25) is 0 Å². The first-order valence-corrected chi connectivity index (χ1v) is 10.3. The summed E-state index contributed by atoms with van der Waals surface area (Å²) >= 11 is 0. The summed E-state index contributed by atoms with van der Waals surface area (Å²) < 4.78 is 32.1. The van der Waals surface area contributed by atoms with Crippen molar-refractivity contribution in [1.29, 1.82) is 0 Å². The van der Waals surface area contributed by atoms with E-state index < -0.39 is 15.4 Å². The van der Waals surface area contributed by atoms with Crippen molar-refractivity contribution in [3.05, 3.63) is 18.2 Å². The van der Waals surface area contributed by atoms with Crippen molar-refractivity contribution in [2.45, 2.75) is 41.0 Å². The van der Waals surface area contributed by atoms with Gasteiger partial charge in [0.2, 0.25) is 15.9 Å². The number of anilines is 2. The second-order valence-electron chi connectivity index (χ2n) is 7.50. The molecule has 1 aromatic carbocycles. The van der Waals surface area contributed by atoms with E-state index in [1.165, 1.54) is 0 Å². The summed E-state index contributed by atoms with van der Waals surface area (Å²) in [5.41, 5.74) is 0.415. The summed E-state index contributed by atoms with van der Waals surface area (Å²) in [4.78, 5) is 14.7. The number of benzene rings is 1. The zero-order valence-corrected chi connectivity index (χ0v) is 16.4. The van der Waals surface area contributed by atoms with E-state index in [1.807, 2.05) is 13.8 Å². The standard InChI is InChI=1S/C18H28N2O4S/c1-6-25(22,23)19-14-7-8-16-15(11-14)20(10-9-13(2)3)17(21)18(4,5)12-24-16/h7-8,11,13,19H,6,9-10,12H2,1-5H3. The van der Waals surface area contributed by atoms with E-state index in [4.69, 9.17) is 4.74 Å². The fourth-order valence-corrected chi connectivity index (χ4v) is 3.20. The Morgan fingerprint density at radius 2 is 2.00 bits per heavy atom. The van der Waals surface area contributed by atoms with Gasteiger partial charge < -0.3 is 9.64 Å². The Morgan fingerprint density at radius 1 is 1.32 bits per heavy atom. The molecule has 6 nitrogen and oxygen atoms in total. The van der Waals surface area contributed by atoms with Gasteiger partial charge in [-0.25, -0.2) is 8.42 Å². The molecule has 0 spiro atoms. The number of ether oxygens (including phenoxy) is 1. The van der Waals surface area contributed by atoms with E-state index >= 15 is 0 Å². The smallest absolute Gasteiger partial charge is 0.236 e. The quantitative estimate of drug-likeness (QED) is 0.836. The highest BCUT2D eigenvalue weighted by Gasteiger charge is 2.37. The molecular formula is C18H28N2O4S. The summed E-state index contributed by atoms with van der Waals surface area (Å²) in [6, 6.07) is 5.07. The largest absolute Gasteiger partial charge is 0.490 e. The fourth-order valence-electron chi connectivity index (χ4n) is 2.57. The first kappa shape index (κ1) is 19.6. The number of amides is 1. The maximum atomic E-state index is 13.0. The molecule has 0 aliphatic carbocycles. The van der Waals surface area contributed by atoms with Crippen LogP contribution >= 0.6 is 0 Å². The van der Waals surface area contributed by atoms with Crippen molar-refractivity contribution in [2.24, 2.45) is 11.3 Å². The fraction of sp³-hybridized carbons (Fsp3) is 0.611. The first-order valence-electron chi connectivity index (χ1n) is 8.65. The van der Waals surface area contributed by atoms with Gasteiger partial charge in [0, 0.05) is 6.54 Å². The van der Waals surface area contributed by atoms with Crippen LogP contribution in [0.4, 0.5) is 11.4 Å². The molecular weight excluding hydrogens is 340 g/mol. The zero-order chi connectivity index (χ0) is 18.8. The van der Waals surface area contributed by atoms with Crippen LogP contribution in [-0.4, -0.2) is 33.2 Å². The highest BCUT2D eigenvalue weighted by Crippen LogP contribution is 2.38. The highest BCUT2D eigenvalue weighted by molar-refractivity contribution is 7.92. The molecule has 140 valence electrons. The second kappa shape index (κ2) is 7.23. The first-order chi connectivity index (χ1) is 11.6. The van der Waals surface area contributed by atoms with E-state index in [9.17, 15) is 13.2 Å². The molecule has 2 rings (SSSR count). The molecule has 1 aromatic rings. The molecule has 0 bridgehead atoms. The number of nitrogens with zero attached hydrogens (tertiary/aromatic N) is 1. The van der Waals surface area contributed by atoms with Gasteiger partial charge in [-0.15, -0.1) is 0 Å². The van der Waals surface area contributed by atoms with E-state index in [-0.39, 0.29) is 18.3 Å². The second-order valence-corrected chi connectivity index (χ2v) is 9.51. The molecule has 25 heavy (non-hydrogen) atoms. The van der Waals surface area contributed by atoms with Crippen LogP contribution in [0.3, 0.4) is 0 Å². The Morgan fingerprint density at radius 3 is 2.60 bits per heavy atom. The maximum Gasteiger partial charge on any atom is 0.236 e. The topological polar surface area (TPSA) is 75.7 Å². The molecule has 0 unspecified atom stereocenters. The van der Waals surface area contributed by atoms with Crippen LogP contribution in [0, 0.1) is 11.3 Å². The van der Waals surface area contributed by atoms with Gasteiger partial charge in [0.25, 0.3) is 0 Å². The van der Waals surface area contributed by atoms with E-state index in [1.54, 1.807) is 30.0 Å². The van der Waals surface area contributed by atoms with Crippen molar-refractivity contribution < 1.29 is 17.9 Å². The lowest BCUT2D eigenvalue weighted by Crippen LogP contribution is -2.42. The molecule has 0 fully saturated rings. The van der Waals surface area contributed by atoms with Crippen LogP contribution in [0.1, 0.15) is 41.0 Å².